The number of nitrogens with zero attached hydrogens (tertiary/aromatic N) is 3. The molecule has 0 bridgehead atoms. The highest BCUT2D eigenvalue weighted by Gasteiger charge is 2.36. The van der Waals surface area contributed by atoms with Gasteiger partial charge in [0.15, 0.2) is 0 Å². The van der Waals surface area contributed by atoms with E-state index in [9.17, 15) is 15.3 Å². The van der Waals surface area contributed by atoms with E-state index < -0.39 is 11.5 Å². The Kier molecular flexibility index (Phi) is 4.15. The molecule has 130 valence electrons. The largest absolute Gasteiger partial charge is 0.496 e. The standard InChI is InChI=1S/C19H16N4O3/c1-10-12(8-20)18(24)23(2)19-15(10)16(13(9-21)17(22)26-19)11-6-4-5-7-14(11)25-3/h4-7,16H,22H2,1-3H3. The molecule has 0 amide bonds. The molecule has 2 heterocycles. The van der Waals surface area contributed by atoms with Crippen molar-refractivity contribution in [3.63, 3.8) is 0 Å². The molecule has 7 nitrogen and oxygen atoms in total. The summed E-state index contributed by atoms with van der Waals surface area (Å²) in [5.41, 5.74) is 7.42. The number of pyridine rings is 1. The number of benzene rings is 1. The van der Waals surface area contributed by atoms with E-state index in [1.54, 1.807) is 13.0 Å². The Morgan fingerprint density at radius 2 is 1.96 bits per heavy atom. The van der Waals surface area contributed by atoms with Gasteiger partial charge >= 0.3 is 0 Å². The van der Waals surface area contributed by atoms with Crippen LogP contribution in [-0.2, 0) is 7.05 Å². The number of allylic oxidation sites excluding steroid dienone is 1. The van der Waals surface area contributed by atoms with Gasteiger partial charge in [0, 0.05) is 18.2 Å². The summed E-state index contributed by atoms with van der Waals surface area (Å²) in [4.78, 5) is 12.4. The summed E-state index contributed by atoms with van der Waals surface area (Å²) in [5.74, 6) is 0.102. The second-order valence-electron chi connectivity index (χ2n) is 5.86. The molecule has 0 saturated heterocycles. The number of methoxy groups -OCH3 is 1. The molecule has 1 aliphatic heterocycles. The van der Waals surface area contributed by atoms with Crippen LogP contribution in [0.4, 0.5) is 0 Å². The maximum atomic E-state index is 12.4. The van der Waals surface area contributed by atoms with Crippen LogP contribution >= 0.6 is 0 Å². The molecule has 1 atom stereocenters. The van der Waals surface area contributed by atoms with E-state index >= 15 is 0 Å². The van der Waals surface area contributed by atoms with Crippen molar-refractivity contribution < 1.29 is 9.47 Å². The topological polar surface area (TPSA) is 114 Å². The lowest BCUT2D eigenvalue weighted by Gasteiger charge is -2.30. The third-order valence-corrected chi connectivity index (χ3v) is 4.56. The molecule has 0 fully saturated rings. The molecular formula is C19H16N4O3. The van der Waals surface area contributed by atoms with Gasteiger partial charge < -0.3 is 15.2 Å². The van der Waals surface area contributed by atoms with Crippen LogP contribution in [0.3, 0.4) is 0 Å². The molecule has 0 saturated carbocycles. The van der Waals surface area contributed by atoms with E-state index in [1.165, 1.54) is 18.7 Å². The first-order valence-corrected chi connectivity index (χ1v) is 7.80. The van der Waals surface area contributed by atoms with Gasteiger partial charge in [0.2, 0.25) is 11.8 Å². The molecule has 0 aliphatic carbocycles. The molecule has 0 spiro atoms. The fourth-order valence-electron chi connectivity index (χ4n) is 3.27. The zero-order valence-corrected chi connectivity index (χ0v) is 14.5. The van der Waals surface area contributed by atoms with Crippen molar-refractivity contribution in [2.45, 2.75) is 12.8 Å². The monoisotopic (exact) mass is 348 g/mol. The Hall–Kier alpha value is -3.71. The van der Waals surface area contributed by atoms with Crippen LogP contribution in [0.1, 0.15) is 28.2 Å². The maximum absolute atomic E-state index is 12.4. The highest BCUT2D eigenvalue weighted by atomic mass is 16.5. The molecule has 1 aliphatic rings. The van der Waals surface area contributed by atoms with Crippen molar-refractivity contribution in [1.29, 1.82) is 10.5 Å². The van der Waals surface area contributed by atoms with Gasteiger partial charge in [-0.1, -0.05) is 18.2 Å². The first kappa shape index (κ1) is 17.1. The molecule has 1 aromatic heterocycles. The summed E-state index contributed by atoms with van der Waals surface area (Å²) in [6.45, 7) is 1.67. The molecular weight excluding hydrogens is 332 g/mol. The number of nitriles is 2. The number of fused-ring (bicyclic) bond motifs is 1. The third-order valence-electron chi connectivity index (χ3n) is 4.56. The number of para-hydroxylation sites is 1. The van der Waals surface area contributed by atoms with Crippen molar-refractivity contribution in [3.8, 4) is 23.8 Å². The lowest BCUT2D eigenvalue weighted by atomic mass is 9.81. The average molecular weight is 348 g/mol. The average Bonchev–Trinajstić information content (AvgIpc) is 2.65. The minimum atomic E-state index is -0.612. The van der Waals surface area contributed by atoms with E-state index in [0.717, 1.165) is 0 Å². The summed E-state index contributed by atoms with van der Waals surface area (Å²) in [6, 6.07) is 11.3. The van der Waals surface area contributed by atoms with Crippen LogP contribution in [0.15, 0.2) is 40.5 Å². The van der Waals surface area contributed by atoms with Crippen LogP contribution in [0.2, 0.25) is 0 Å². The Balaban J connectivity index is 2.46. The predicted octanol–water partition coefficient (Wildman–Crippen LogP) is 1.79. The van der Waals surface area contributed by atoms with Crippen molar-refractivity contribution in [3.05, 3.63) is 68.3 Å². The first-order chi connectivity index (χ1) is 12.5. The van der Waals surface area contributed by atoms with Gasteiger partial charge in [-0.25, -0.2) is 0 Å². The van der Waals surface area contributed by atoms with Crippen molar-refractivity contribution in [1.82, 2.24) is 4.57 Å². The van der Waals surface area contributed by atoms with Gasteiger partial charge in [0.25, 0.3) is 5.56 Å². The number of nitrogens with two attached hydrogens (primary N) is 1. The van der Waals surface area contributed by atoms with Gasteiger partial charge in [0.05, 0.1) is 13.0 Å². The third kappa shape index (κ3) is 2.30. The number of aromatic nitrogens is 1. The van der Waals surface area contributed by atoms with E-state index in [2.05, 4.69) is 6.07 Å². The molecule has 1 aromatic carbocycles. The maximum Gasteiger partial charge on any atom is 0.271 e. The quantitative estimate of drug-likeness (QED) is 0.885. The minimum absolute atomic E-state index is 0.00695. The van der Waals surface area contributed by atoms with Crippen LogP contribution in [0, 0.1) is 29.6 Å². The second kappa shape index (κ2) is 6.30. The van der Waals surface area contributed by atoms with Crippen LogP contribution in [-0.4, -0.2) is 11.7 Å². The first-order valence-electron chi connectivity index (χ1n) is 7.80. The Labute approximate surface area is 150 Å². The van der Waals surface area contributed by atoms with Crippen molar-refractivity contribution in [2.24, 2.45) is 12.8 Å². The summed E-state index contributed by atoms with van der Waals surface area (Å²) < 4.78 is 12.3. The SMILES string of the molecule is COc1ccccc1C1C(C#N)=C(N)Oc2c1c(C)c(C#N)c(=O)n2C. The van der Waals surface area contributed by atoms with Crippen molar-refractivity contribution >= 4 is 0 Å². The summed E-state index contributed by atoms with van der Waals surface area (Å²) in [5, 5.41) is 19.1. The smallest absolute Gasteiger partial charge is 0.271 e. The minimum Gasteiger partial charge on any atom is -0.496 e. The number of hydrogen-bond donors (Lipinski definition) is 1. The van der Waals surface area contributed by atoms with E-state index in [1.807, 2.05) is 24.3 Å². The van der Waals surface area contributed by atoms with Crippen LogP contribution in [0.5, 0.6) is 11.6 Å². The Morgan fingerprint density at radius 1 is 1.27 bits per heavy atom. The van der Waals surface area contributed by atoms with Gasteiger partial charge in [-0.15, -0.1) is 0 Å². The van der Waals surface area contributed by atoms with E-state index in [4.69, 9.17) is 15.2 Å². The van der Waals surface area contributed by atoms with Gasteiger partial charge in [-0.2, -0.15) is 10.5 Å². The van der Waals surface area contributed by atoms with Gasteiger partial charge in [-0.3, -0.25) is 9.36 Å². The molecule has 26 heavy (non-hydrogen) atoms. The molecule has 2 aromatic rings. The van der Waals surface area contributed by atoms with Crippen LogP contribution < -0.4 is 20.8 Å². The highest BCUT2D eigenvalue weighted by molar-refractivity contribution is 5.61. The zero-order chi connectivity index (χ0) is 19.0. The molecule has 7 heteroatoms. The van der Waals surface area contributed by atoms with Gasteiger partial charge in [-0.05, 0) is 18.6 Å². The fraction of sp³-hybridized carbons (Fsp3) is 0.211. The second-order valence-corrected chi connectivity index (χ2v) is 5.86. The summed E-state index contributed by atoms with van der Waals surface area (Å²) in [6.07, 6.45) is 0. The number of ether oxygens (including phenoxy) is 2. The normalized spacial score (nSPS) is 15.5. The van der Waals surface area contributed by atoms with Gasteiger partial charge in [0.1, 0.15) is 29.0 Å². The van der Waals surface area contributed by atoms with Crippen molar-refractivity contribution in [2.75, 3.05) is 7.11 Å². The number of hydrogen-bond acceptors (Lipinski definition) is 6. The molecule has 1 unspecified atom stereocenters. The Morgan fingerprint density at radius 3 is 2.58 bits per heavy atom. The van der Waals surface area contributed by atoms with E-state index in [-0.39, 0.29) is 22.9 Å². The lowest BCUT2D eigenvalue weighted by molar-refractivity contribution is 0.354. The predicted molar refractivity (Wildman–Crippen MR) is 93.4 cm³/mol. The molecule has 2 N–H and O–H groups in total. The van der Waals surface area contributed by atoms with E-state index in [0.29, 0.717) is 22.4 Å². The molecule has 0 radical (unpaired) electrons. The highest BCUT2D eigenvalue weighted by Crippen LogP contribution is 2.45. The summed E-state index contributed by atoms with van der Waals surface area (Å²) >= 11 is 0. The lowest BCUT2D eigenvalue weighted by Crippen LogP contribution is -2.31. The Bertz CT molecular complexity index is 1080. The fourth-order valence-corrected chi connectivity index (χ4v) is 3.27. The zero-order valence-electron chi connectivity index (χ0n) is 14.5. The number of rotatable bonds is 2. The van der Waals surface area contributed by atoms with Crippen LogP contribution in [0.25, 0.3) is 0 Å². The summed E-state index contributed by atoms with van der Waals surface area (Å²) in [7, 11) is 3.04. The molecule has 3 rings (SSSR count).